The first-order chi connectivity index (χ1) is 18.2. The first-order valence-electron chi connectivity index (χ1n) is 11.6. The van der Waals surface area contributed by atoms with Gasteiger partial charge >= 0.3 is 6.03 Å². The Labute approximate surface area is 223 Å². The van der Waals surface area contributed by atoms with E-state index in [1.165, 1.54) is 13.2 Å². The molecule has 0 radical (unpaired) electrons. The number of halogens is 1. The van der Waals surface area contributed by atoms with E-state index >= 15 is 0 Å². The molecule has 3 aromatic rings. The zero-order valence-corrected chi connectivity index (χ0v) is 21.5. The average molecular weight is 535 g/mol. The molecule has 0 aromatic heterocycles. The van der Waals surface area contributed by atoms with E-state index in [2.05, 4.69) is 5.32 Å². The predicted molar refractivity (Wildman–Crippen MR) is 140 cm³/mol. The fraction of sp³-hybridized carbons (Fsp3) is 0.179. The summed E-state index contributed by atoms with van der Waals surface area (Å²) in [6, 6.07) is 13.0. The second-order valence-corrected chi connectivity index (χ2v) is 9.14. The van der Waals surface area contributed by atoms with Gasteiger partial charge in [0, 0.05) is 0 Å². The van der Waals surface area contributed by atoms with Crippen LogP contribution in [0.25, 0.3) is 6.08 Å². The highest BCUT2D eigenvalue weighted by Crippen LogP contribution is 2.39. The van der Waals surface area contributed by atoms with Crippen molar-refractivity contribution in [2.75, 3.05) is 18.8 Å². The lowest BCUT2D eigenvalue weighted by Crippen LogP contribution is -2.54. The van der Waals surface area contributed by atoms with Crippen molar-refractivity contribution in [3.05, 3.63) is 81.4 Å². The van der Waals surface area contributed by atoms with Crippen LogP contribution in [-0.4, -0.2) is 31.7 Å². The molecule has 0 spiro atoms. The van der Waals surface area contributed by atoms with Crippen molar-refractivity contribution in [3.63, 3.8) is 0 Å². The van der Waals surface area contributed by atoms with Crippen LogP contribution in [0, 0.1) is 13.8 Å². The van der Waals surface area contributed by atoms with Crippen LogP contribution in [0.15, 0.2) is 54.1 Å². The summed E-state index contributed by atoms with van der Waals surface area (Å²) in [5.41, 5.74) is 3.28. The minimum absolute atomic E-state index is 0.174. The molecule has 1 fully saturated rings. The molecule has 0 saturated carbocycles. The van der Waals surface area contributed by atoms with Crippen LogP contribution in [0.2, 0.25) is 5.02 Å². The van der Waals surface area contributed by atoms with Gasteiger partial charge in [0.15, 0.2) is 23.0 Å². The Balaban J connectivity index is 1.41. The van der Waals surface area contributed by atoms with Gasteiger partial charge in [0.2, 0.25) is 6.79 Å². The largest absolute Gasteiger partial charge is 0.493 e. The molecule has 1 N–H and O–H groups in total. The fourth-order valence-corrected chi connectivity index (χ4v) is 4.35. The molecule has 2 aliphatic heterocycles. The number of methoxy groups -OCH3 is 1. The van der Waals surface area contributed by atoms with E-state index in [-0.39, 0.29) is 24.0 Å². The Morgan fingerprint density at radius 2 is 1.79 bits per heavy atom. The number of carbonyl (C=O) groups is 3. The fourth-order valence-electron chi connectivity index (χ4n) is 4.07. The number of amides is 4. The number of urea groups is 1. The van der Waals surface area contributed by atoms with Crippen LogP contribution < -0.4 is 29.2 Å². The van der Waals surface area contributed by atoms with Crippen molar-refractivity contribution in [3.8, 4) is 23.0 Å². The molecule has 5 rings (SSSR count). The molecule has 4 amide bonds. The maximum atomic E-state index is 13.3. The van der Waals surface area contributed by atoms with Crippen molar-refractivity contribution < 1.29 is 33.3 Å². The number of rotatable bonds is 6. The van der Waals surface area contributed by atoms with Crippen LogP contribution in [0.1, 0.15) is 22.3 Å². The number of barbiturate groups is 1. The van der Waals surface area contributed by atoms with Gasteiger partial charge in [-0.2, -0.15) is 0 Å². The highest BCUT2D eigenvalue weighted by molar-refractivity contribution is 6.39. The second kappa shape index (κ2) is 10.1. The standard InChI is InChI=1S/C28H23ClN2O7/c1-15-4-6-19(8-16(15)2)31-27(33)20(26(32)30-28(31)34)9-18-10-21(29)25(24(12-18)35-3)36-13-17-5-7-22-23(11-17)38-14-37-22/h4-12H,13-14H2,1-3H3,(H,30,32,34)/b20-9+. The average Bonchev–Trinajstić information content (AvgIpc) is 3.35. The van der Waals surface area contributed by atoms with Crippen molar-refractivity contribution >= 4 is 41.2 Å². The lowest BCUT2D eigenvalue weighted by Gasteiger charge is -2.27. The monoisotopic (exact) mass is 534 g/mol. The van der Waals surface area contributed by atoms with Gasteiger partial charge < -0.3 is 18.9 Å². The molecule has 9 nitrogen and oxygen atoms in total. The number of fused-ring (bicyclic) bond motifs is 1. The van der Waals surface area contributed by atoms with E-state index in [4.69, 9.17) is 30.5 Å². The summed E-state index contributed by atoms with van der Waals surface area (Å²) in [4.78, 5) is 39.3. The van der Waals surface area contributed by atoms with Gasteiger partial charge in [-0.05, 0) is 78.6 Å². The van der Waals surface area contributed by atoms with Crippen LogP contribution in [-0.2, 0) is 16.2 Å². The Hall–Kier alpha value is -4.50. The topological polar surface area (TPSA) is 103 Å². The third kappa shape index (κ3) is 4.76. The molecule has 10 heteroatoms. The lowest BCUT2D eigenvalue weighted by molar-refractivity contribution is -0.122. The summed E-state index contributed by atoms with van der Waals surface area (Å²) in [6.07, 6.45) is 1.36. The zero-order valence-electron chi connectivity index (χ0n) is 20.8. The molecule has 0 bridgehead atoms. The first kappa shape index (κ1) is 25.2. The number of aryl methyl sites for hydroxylation is 2. The smallest absolute Gasteiger partial charge is 0.335 e. The van der Waals surface area contributed by atoms with E-state index in [0.29, 0.717) is 34.2 Å². The molecule has 2 heterocycles. The number of nitrogens with zero attached hydrogens (tertiary/aromatic N) is 1. The summed E-state index contributed by atoms with van der Waals surface area (Å²) in [5.74, 6) is 0.338. The maximum absolute atomic E-state index is 13.3. The number of carbonyl (C=O) groups excluding carboxylic acids is 3. The zero-order chi connectivity index (χ0) is 27.0. The third-order valence-electron chi connectivity index (χ3n) is 6.23. The normalized spacial score (nSPS) is 15.6. The molecular formula is C28H23ClN2O7. The third-order valence-corrected chi connectivity index (χ3v) is 6.51. The van der Waals surface area contributed by atoms with Crippen molar-refractivity contribution in [1.82, 2.24) is 5.32 Å². The van der Waals surface area contributed by atoms with E-state index in [1.54, 1.807) is 36.4 Å². The summed E-state index contributed by atoms with van der Waals surface area (Å²) >= 11 is 6.51. The van der Waals surface area contributed by atoms with Crippen LogP contribution in [0.3, 0.4) is 0 Å². The molecule has 0 unspecified atom stereocenters. The predicted octanol–water partition coefficient (Wildman–Crippen LogP) is 4.94. The summed E-state index contributed by atoms with van der Waals surface area (Å²) < 4.78 is 22.1. The van der Waals surface area contributed by atoms with Crippen LogP contribution in [0.5, 0.6) is 23.0 Å². The summed E-state index contributed by atoms with van der Waals surface area (Å²) in [6.45, 7) is 4.15. The van der Waals surface area contributed by atoms with Gasteiger partial charge in [-0.15, -0.1) is 0 Å². The number of nitrogens with one attached hydrogen (secondary N) is 1. The van der Waals surface area contributed by atoms with Gasteiger partial charge in [-0.25, -0.2) is 9.69 Å². The number of hydrogen-bond acceptors (Lipinski definition) is 7. The Kier molecular flexibility index (Phi) is 6.69. The van der Waals surface area contributed by atoms with Gasteiger partial charge in [-0.1, -0.05) is 23.7 Å². The number of benzene rings is 3. The molecule has 3 aromatic carbocycles. The minimum Gasteiger partial charge on any atom is -0.493 e. The summed E-state index contributed by atoms with van der Waals surface area (Å²) in [5, 5.41) is 2.44. The molecule has 0 aliphatic carbocycles. The van der Waals surface area contributed by atoms with Crippen molar-refractivity contribution in [2.45, 2.75) is 20.5 Å². The molecule has 1 saturated heterocycles. The maximum Gasteiger partial charge on any atom is 0.335 e. The minimum atomic E-state index is -0.816. The number of hydrogen-bond donors (Lipinski definition) is 1. The Morgan fingerprint density at radius 1 is 1.00 bits per heavy atom. The molecule has 0 atom stereocenters. The Bertz CT molecular complexity index is 1520. The molecule has 2 aliphatic rings. The van der Waals surface area contributed by atoms with Gasteiger partial charge in [0.25, 0.3) is 11.8 Å². The second-order valence-electron chi connectivity index (χ2n) is 8.74. The van der Waals surface area contributed by atoms with Gasteiger partial charge in [0.1, 0.15) is 12.2 Å². The van der Waals surface area contributed by atoms with E-state index in [9.17, 15) is 14.4 Å². The van der Waals surface area contributed by atoms with Crippen molar-refractivity contribution in [1.29, 1.82) is 0 Å². The molecular weight excluding hydrogens is 512 g/mol. The quantitative estimate of drug-likeness (QED) is 0.353. The van der Waals surface area contributed by atoms with E-state index < -0.39 is 17.8 Å². The van der Waals surface area contributed by atoms with E-state index in [0.717, 1.165) is 21.6 Å². The number of ether oxygens (including phenoxy) is 4. The molecule has 38 heavy (non-hydrogen) atoms. The van der Waals surface area contributed by atoms with Gasteiger partial charge in [-0.3, -0.25) is 14.9 Å². The summed E-state index contributed by atoms with van der Waals surface area (Å²) in [7, 11) is 1.45. The Morgan fingerprint density at radius 3 is 2.55 bits per heavy atom. The van der Waals surface area contributed by atoms with Crippen LogP contribution in [0.4, 0.5) is 10.5 Å². The molecule has 194 valence electrons. The van der Waals surface area contributed by atoms with E-state index in [1.807, 2.05) is 26.0 Å². The van der Waals surface area contributed by atoms with Crippen molar-refractivity contribution in [2.24, 2.45) is 0 Å². The number of anilines is 1. The lowest BCUT2D eigenvalue weighted by atomic mass is 10.0. The van der Waals surface area contributed by atoms with Gasteiger partial charge in [0.05, 0.1) is 17.8 Å². The SMILES string of the molecule is COc1cc(/C=C2\C(=O)NC(=O)N(c3ccc(C)c(C)c3)C2=O)cc(Cl)c1OCc1ccc2c(c1)OCO2. The first-order valence-corrected chi connectivity index (χ1v) is 12.0. The number of imide groups is 2. The highest BCUT2D eigenvalue weighted by Gasteiger charge is 2.37. The highest BCUT2D eigenvalue weighted by atomic mass is 35.5. The van der Waals surface area contributed by atoms with Crippen LogP contribution >= 0.6 is 11.6 Å².